The third-order valence-corrected chi connectivity index (χ3v) is 1.89. The number of aliphatic hydroxyl groups is 1. The summed E-state index contributed by atoms with van der Waals surface area (Å²) < 4.78 is 0. The molecule has 4 nitrogen and oxygen atoms in total. The van der Waals surface area contributed by atoms with Crippen molar-refractivity contribution in [2.75, 3.05) is 6.61 Å². The molecule has 0 bridgehead atoms. The maximum Gasteiger partial charge on any atom is 0.162 e. The van der Waals surface area contributed by atoms with Crippen molar-refractivity contribution in [3.05, 3.63) is 23.8 Å². The number of phenols is 2. The van der Waals surface area contributed by atoms with E-state index >= 15 is 0 Å². The SMILES string of the molecule is N[C@H](CCO)c1cccc(O)c1O. The van der Waals surface area contributed by atoms with Crippen LogP contribution in [0.25, 0.3) is 0 Å². The second-order valence-corrected chi connectivity index (χ2v) is 2.83. The summed E-state index contributed by atoms with van der Waals surface area (Å²) in [4.78, 5) is 0. The maximum atomic E-state index is 9.38. The summed E-state index contributed by atoms with van der Waals surface area (Å²) in [5.41, 5.74) is 6.10. The molecule has 0 radical (unpaired) electrons. The van der Waals surface area contributed by atoms with Gasteiger partial charge in [-0.2, -0.15) is 0 Å². The van der Waals surface area contributed by atoms with Gasteiger partial charge in [0.2, 0.25) is 0 Å². The summed E-state index contributed by atoms with van der Waals surface area (Å²) in [6.45, 7) is -0.0454. The molecule has 0 amide bonds. The molecule has 0 aromatic heterocycles. The standard InChI is InChI=1S/C9H13NO3/c10-7(4-5-11)6-2-1-3-8(12)9(6)13/h1-3,7,11-13H,4-5,10H2/t7-/m1/s1. The lowest BCUT2D eigenvalue weighted by atomic mass is 10.0. The topological polar surface area (TPSA) is 86.7 Å². The molecule has 1 aromatic rings. The Labute approximate surface area is 76.2 Å². The Bertz CT molecular complexity index is 288. The molecule has 13 heavy (non-hydrogen) atoms. The smallest absolute Gasteiger partial charge is 0.162 e. The number of rotatable bonds is 3. The zero-order valence-corrected chi connectivity index (χ0v) is 7.14. The Hall–Kier alpha value is -1.26. The summed E-state index contributed by atoms with van der Waals surface area (Å²) in [5, 5.41) is 27.2. The Kier molecular flexibility index (Phi) is 3.11. The fourth-order valence-electron chi connectivity index (χ4n) is 1.14. The van der Waals surface area contributed by atoms with Crippen molar-refractivity contribution >= 4 is 0 Å². The van der Waals surface area contributed by atoms with Crippen LogP contribution in [0, 0.1) is 0 Å². The highest BCUT2D eigenvalue weighted by molar-refractivity contribution is 5.45. The Morgan fingerprint density at radius 1 is 1.31 bits per heavy atom. The minimum atomic E-state index is -0.447. The third kappa shape index (κ3) is 2.11. The number of phenolic OH excluding ortho intramolecular Hbond substituents is 2. The molecule has 0 fully saturated rings. The highest BCUT2D eigenvalue weighted by Gasteiger charge is 2.12. The van der Waals surface area contributed by atoms with E-state index in [-0.39, 0.29) is 18.1 Å². The number of aliphatic hydroxyl groups excluding tert-OH is 1. The van der Waals surface area contributed by atoms with Gasteiger partial charge in [0.1, 0.15) is 0 Å². The van der Waals surface area contributed by atoms with Crippen molar-refractivity contribution in [2.45, 2.75) is 12.5 Å². The monoisotopic (exact) mass is 183 g/mol. The number of para-hydroxylation sites is 1. The van der Waals surface area contributed by atoms with E-state index in [1.54, 1.807) is 12.1 Å². The van der Waals surface area contributed by atoms with Gasteiger partial charge >= 0.3 is 0 Å². The molecule has 0 heterocycles. The maximum absolute atomic E-state index is 9.38. The van der Waals surface area contributed by atoms with E-state index in [0.717, 1.165) is 0 Å². The molecule has 1 atom stereocenters. The number of aromatic hydroxyl groups is 2. The molecule has 0 spiro atoms. The van der Waals surface area contributed by atoms with Gasteiger partial charge in [-0.25, -0.2) is 0 Å². The quantitative estimate of drug-likeness (QED) is 0.513. The predicted molar refractivity (Wildman–Crippen MR) is 48.4 cm³/mol. The van der Waals surface area contributed by atoms with Crippen molar-refractivity contribution in [3.63, 3.8) is 0 Å². The predicted octanol–water partition coefficient (Wildman–Crippen LogP) is 0.480. The molecule has 0 aliphatic rings. The summed E-state index contributed by atoms with van der Waals surface area (Å²) >= 11 is 0. The first kappa shape index (κ1) is 9.83. The van der Waals surface area contributed by atoms with Crippen LogP contribution in [0.4, 0.5) is 0 Å². The van der Waals surface area contributed by atoms with Gasteiger partial charge in [-0.15, -0.1) is 0 Å². The lowest BCUT2D eigenvalue weighted by Crippen LogP contribution is -2.11. The molecular weight excluding hydrogens is 170 g/mol. The molecule has 0 aliphatic heterocycles. The van der Waals surface area contributed by atoms with Crippen molar-refractivity contribution < 1.29 is 15.3 Å². The molecule has 0 saturated carbocycles. The number of benzene rings is 1. The van der Waals surface area contributed by atoms with E-state index in [4.69, 9.17) is 15.9 Å². The van der Waals surface area contributed by atoms with Crippen molar-refractivity contribution in [1.29, 1.82) is 0 Å². The van der Waals surface area contributed by atoms with Crippen molar-refractivity contribution in [2.24, 2.45) is 5.73 Å². The fourth-order valence-corrected chi connectivity index (χ4v) is 1.14. The average Bonchev–Trinajstić information content (AvgIpc) is 2.10. The lowest BCUT2D eigenvalue weighted by Gasteiger charge is -2.12. The van der Waals surface area contributed by atoms with Crippen LogP contribution < -0.4 is 5.73 Å². The molecule has 0 unspecified atom stereocenters. The first-order chi connectivity index (χ1) is 6.16. The lowest BCUT2D eigenvalue weighted by molar-refractivity contribution is 0.275. The summed E-state index contributed by atoms with van der Waals surface area (Å²) in [6, 6.07) is 4.15. The number of nitrogens with two attached hydrogens (primary N) is 1. The van der Waals surface area contributed by atoms with Gasteiger partial charge in [-0.05, 0) is 12.5 Å². The summed E-state index contributed by atoms with van der Waals surface area (Å²) in [7, 11) is 0. The molecule has 1 rings (SSSR count). The first-order valence-corrected chi connectivity index (χ1v) is 4.04. The zero-order chi connectivity index (χ0) is 9.84. The van der Waals surface area contributed by atoms with Crippen LogP contribution >= 0.6 is 0 Å². The van der Waals surface area contributed by atoms with E-state index in [2.05, 4.69) is 0 Å². The van der Waals surface area contributed by atoms with Crippen LogP contribution in [-0.4, -0.2) is 21.9 Å². The second kappa shape index (κ2) is 4.11. The van der Waals surface area contributed by atoms with Gasteiger partial charge in [0.05, 0.1) is 0 Å². The van der Waals surface area contributed by atoms with Crippen LogP contribution in [0.2, 0.25) is 0 Å². The molecule has 0 aliphatic carbocycles. The van der Waals surface area contributed by atoms with Gasteiger partial charge in [0.25, 0.3) is 0 Å². The van der Waals surface area contributed by atoms with Gasteiger partial charge in [0.15, 0.2) is 11.5 Å². The molecule has 4 heteroatoms. The van der Waals surface area contributed by atoms with Crippen LogP contribution in [0.5, 0.6) is 11.5 Å². The van der Waals surface area contributed by atoms with Gasteiger partial charge in [-0.1, -0.05) is 12.1 Å². The van der Waals surface area contributed by atoms with Crippen LogP contribution in [-0.2, 0) is 0 Å². The molecule has 0 saturated heterocycles. The highest BCUT2D eigenvalue weighted by Crippen LogP contribution is 2.32. The van der Waals surface area contributed by atoms with Gasteiger partial charge in [-0.3, -0.25) is 0 Å². The largest absolute Gasteiger partial charge is 0.504 e. The third-order valence-electron chi connectivity index (χ3n) is 1.89. The fraction of sp³-hybridized carbons (Fsp3) is 0.333. The Morgan fingerprint density at radius 3 is 2.62 bits per heavy atom. The molecule has 72 valence electrons. The van der Waals surface area contributed by atoms with Crippen LogP contribution in [0.3, 0.4) is 0 Å². The van der Waals surface area contributed by atoms with E-state index in [9.17, 15) is 5.11 Å². The number of hydrogen-bond acceptors (Lipinski definition) is 4. The van der Waals surface area contributed by atoms with Gasteiger partial charge in [0, 0.05) is 18.2 Å². The van der Waals surface area contributed by atoms with Crippen LogP contribution in [0.1, 0.15) is 18.0 Å². The Balaban J connectivity index is 2.93. The summed E-state index contributed by atoms with van der Waals surface area (Å²) in [6.07, 6.45) is 0.358. The second-order valence-electron chi connectivity index (χ2n) is 2.83. The molecular formula is C9H13NO3. The van der Waals surface area contributed by atoms with E-state index in [0.29, 0.717) is 12.0 Å². The van der Waals surface area contributed by atoms with Crippen molar-refractivity contribution in [1.82, 2.24) is 0 Å². The molecule has 1 aromatic carbocycles. The van der Waals surface area contributed by atoms with Gasteiger partial charge < -0.3 is 21.1 Å². The Morgan fingerprint density at radius 2 is 2.00 bits per heavy atom. The number of hydrogen-bond donors (Lipinski definition) is 4. The minimum Gasteiger partial charge on any atom is -0.504 e. The average molecular weight is 183 g/mol. The van der Waals surface area contributed by atoms with Crippen LogP contribution in [0.15, 0.2) is 18.2 Å². The van der Waals surface area contributed by atoms with E-state index in [1.165, 1.54) is 6.07 Å². The summed E-state index contributed by atoms with van der Waals surface area (Å²) in [5.74, 6) is -0.394. The van der Waals surface area contributed by atoms with Crippen molar-refractivity contribution in [3.8, 4) is 11.5 Å². The zero-order valence-electron chi connectivity index (χ0n) is 7.14. The molecule has 5 N–H and O–H groups in total. The first-order valence-electron chi connectivity index (χ1n) is 4.04. The normalized spacial score (nSPS) is 12.8. The van der Waals surface area contributed by atoms with E-state index < -0.39 is 6.04 Å². The van der Waals surface area contributed by atoms with E-state index in [1.807, 2.05) is 0 Å². The minimum absolute atomic E-state index is 0.0454. The highest BCUT2D eigenvalue weighted by atomic mass is 16.3.